The Morgan fingerprint density at radius 2 is 2.29 bits per heavy atom. The first-order valence-electron chi connectivity index (χ1n) is 5.93. The topological polar surface area (TPSA) is 94.1 Å². The summed E-state index contributed by atoms with van der Waals surface area (Å²) in [5.41, 5.74) is 0. The lowest BCUT2D eigenvalue weighted by molar-refractivity contribution is -0.777. The highest BCUT2D eigenvalue weighted by atomic mass is 35.5. The number of halogens is 3. The van der Waals surface area contributed by atoms with Crippen molar-refractivity contribution < 1.29 is 42.5 Å². The first kappa shape index (κ1) is 15.2. The number of rotatable bonds is 5. The third-order valence-corrected chi connectivity index (χ3v) is 5.21. The molecule has 0 aromatic rings. The maximum Gasteiger partial charge on any atom is 0.415 e. The smallest absolute Gasteiger partial charge is 0.415 e. The SMILES string of the molecule is O=C(OC1C2CC3C1OC(=O)C3(Cl)C2)C(F)(F)SOO[O-]. The first-order valence-corrected chi connectivity index (χ1v) is 7.05. The number of alkyl halides is 3. The molecule has 1 saturated heterocycles. The Hall–Kier alpha value is -0.680. The quantitative estimate of drug-likeness (QED) is 0.231. The lowest BCUT2D eigenvalue weighted by Crippen LogP contribution is -2.43. The monoisotopic (exact) mass is 345 g/mol. The summed E-state index contributed by atoms with van der Waals surface area (Å²) >= 11 is 5.40. The van der Waals surface area contributed by atoms with Crippen molar-refractivity contribution in [2.24, 2.45) is 11.8 Å². The van der Waals surface area contributed by atoms with Gasteiger partial charge in [-0.15, -0.1) is 11.6 Å². The minimum Gasteiger partial charge on any atom is -0.691 e. The number of fused-ring (bicyclic) bond motifs is 1. The number of ether oxygens (including phenoxy) is 2. The zero-order valence-electron chi connectivity index (χ0n) is 10.1. The van der Waals surface area contributed by atoms with Gasteiger partial charge in [0.1, 0.15) is 29.1 Å². The van der Waals surface area contributed by atoms with Crippen molar-refractivity contribution in [2.75, 3.05) is 0 Å². The molecule has 2 saturated carbocycles. The molecule has 118 valence electrons. The van der Waals surface area contributed by atoms with E-state index in [-0.39, 0.29) is 18.3 Å². The van der Waals surface area contributed by atoms with Crippen LogP contribution in [0.25, 0.3) is 0 Å². The number of esters is 2. The molecule has 0 radical (unpaired) electrons. The predicted molar refractivity (Wildman–Crippen MR) is 59.3 cm³/mol. The summed E-state index contributed by atoms with van der Waals surface area (Å²) < 4.78 is 39.8. The normalized spacial score (nSPS) is 40.5. The fourth-order valence-corrected chi connectivity index (χ4v) is 4.01. The second-order valence-electron chi connectivity index (χ2n) is 5.14. The third-order valence-electron chi connectivity index (χ3n) is 4.12. The van der Waals surface area contributed by atoms with E-state index in [2.05, 4.69) is 9.37 Å². The van der Waals surface area contributed by atoms with Crippen LogP contribution in [0.4, 0.5) is 8.78 Å². The van der Waals surface area contributed by atoms with Gasteiger partial charge in [0.25, 0.3) is 0 Å². The average molecular weight is 346 g/mol. The highest BCUT2D eigenvalue weighted by Gasteiger charge is 2.71. The molecule has 0 aromatic heterocycles. The minimum atomic E-state index is -4.12. The maximum atomic E-state index is 13.3. The summed E-state index contributed by atoms with van der Waals surface area (Å²) in [6, 6.07) is 0. The molecule has 3 rings (SSSR count). The van der Waals surface area contributed by atoms with Gasteiger partial charge >= 0.3 is 17.2 Å². The molecule has 3 fully saturated rings. The van der Waals surface area contributed by atoms with Gasteiger partial charge in [0, 0.05) is 11.8 Å². The molecule has 2 bridgehead atoms. The van der Waals surface area contributed by atoms with Crippen LogP contribution in [0.5, 0.6) is 0 Å². The molecule has 0 aromatic carbocycles. The van der Waals surface area contributed by atoms with Crippen LogP contribution in [0.2, 0.25) is 0 Å². The summed E-state index contributed by atoms with van der Waals surface area (Å²) in [4.78, 5) is 22.0. The number of hydrogen-bond donors (Lipinski definition) is 0. The van der Waals surface area contributed by atoms with Crippen LogP contribution in [0.3, 0.4) is 0 Å². The van der Waals surface area contributed by atoms with E-state index in [1.54, 1.807) is 0 Å². The second-order valence-corrected chi connectivity index (χ2v) is 6.63. The van der Waals surface area contributed by atoms with Gasteiger partial charge in [-0.3, -0.25) is 9.83 Å². The molecule has 0 amide bonds. The highest BCUT2D eigenvalue weighted by Crippen LogP contribution is 2.60. The molecule has 11 heteroatoms. The summed E-state index contributed by atoms with van der Waals surface area (Å²) in [7, 11) is 0. The second kappa shape index (κ2) is 4.92. The lowest BCUT2D eigenvalue weighted by Gasteiger charge is -2.28. The molecule has 5 atom stereocenters. The van der Waals surface area contributed by atoms with E-state index in [9.17, 15) is 23.6 Å². The van der Waals surface area contributed by atoms with Crippen molar-refractivity contribution in [1.82, 2.24) is 0 Å². The van der Waals surface area contributed by atoms with Crippen molar-refractivity contribution in [3.05, 3.63) is 0 Å². The Bertz CT molecular complexity index is 492. The summed E-state index contributed by atoms with van der Waals surface area (Å²) in [6.07, 6.45) is -1.10. The van der Waals surface area contributed by atoms with E-state index in [0.29, 0.717) is 6.42 Å². The summed E-state index contributed by atoms with van der Waals surface area (Å²) in [5.74, 6) is -3.17. The maximum absolute atomic E-state index is 13.3. The van der Waals surface area contributed by atoms with Gasteiger partial charge < -0.3 is 14.7 Å². The van der Waals surface area contributed by atoms with Crippen LogP contribution in [0.15, 0.2) is 0 Å². The van der Waals surface area contributed by atoms with E-state index in [1.165, 1.54) is 0 Å². The van der Waals surface area contributed by atoms with Gasteiger partial charge in [-0.1, -0.05) is 0 Å². The molecular weight excluding hydrogens is 338 g/mol. The van der Waals surface area contributed by atoms with Crippen molar-refractivity contribution >= 4 is 35.6 Å². The lowest BCUT2D eigenvalue weighted by atomic mass is 9.87. The zero-order chi connectivity index (χ0) is 15.4. The first-order chi connectivity index (χ1) is 9.79. The van der Waals surface area contributed by atoms with Gasteiger partial charge in [-0.2, -0.15) is 13.1 Å². The Morgan fingerprint density at radius 3 is 2.95 bits per heavy atom. The van der Waals surface area contributed by atoms with Gasteiger partial charge in [0.05, 0.1) is 0 Å². The average Bonchev–Trinajstić information content (AvgIpc) is 2.97. The molecule has 2 aliphatic carbocycles. The largest absolute Gasteiger partial charge is 0.691 e. The predicted octanol–water partition coefficient (Wildman–Crippen LogP) is 0.305. The fraction of sp³-hybridized carbons (Fsp3) is 0.800. The molecule has 7 nitrogen and oxygen atoms in total. The van der Waals surface area contributed by atoms with Gasteiger partial charge in [-0.25, -0.2) is 4.79 Å². The van der Waals surface area contributed by atoms with Crippen molar-refractivity contribution in [1.29, 1.82) is 0 Å². The molecule has 0 spiro atoms. The van der Waals surface area contributed by atoms with Crippen molar-refractivity contribution in [3.63, 3.8) is 0 Å². The number of carbonyl (C=O) groups excluding carboxylic acids is 2. The van der Waals surface area contributed by atoms with Crippen LogP contribution in [-0.4, -0.2) is 34.3 Å². The van der Waals surface area contributed by atoms with Gasteiger partial charge in [0.15, 0.2) is 0 Å². The van der Waals surface area contributed by atoms with Crippen LogP contribution < -0.4 is 5.26 Å². The molecule has 1 heterocycles. The van der Waals surface area contributed by atoms with Crippen molar-refractivity contribution in [2.45, 2.75) is 35.2 Å². The Labute approximate surface area is 125 Å². The summed E-state index contributed by atoms with van der Waals surface area (Å²) in [6.45, 7) is 0. The van der Waals surface area contributed by atoms with E-state index in [0.717, 1.165) is 0 Å². The Kier molecular flexibility index (Phi) is 3.56. The van der Waals surface area contributed by atoms with Crippen LogP contribution >= 0.6 is 23.6 Å². The molecule has 21 heavy (non-hydrogen) atoms. The van der Waals surface area contributed by atoms with Crippen LogP contribution in [0, 0.1) is 11.8 Å². The zero-order valence-corrected chi connectivity index (χ0v) is 11.7. The van der Waals surface area contributed by atoms with Gasteiger partial charge in [-0.05, 0) is 12.8 Å². The number of hydrogen-bond acceptors (Lipinski definition) is 8. The van der Waals surface area contributed by atoms with E-state index in [1.807, 2.05) is 0 Å². The fourth-order valence-electron chi connectivity index (χ4n) is 3.32. The standard InChI is InChI=1S/C10H9ClF2O7S/c11-9-2-3-1-4(9)6(18-7(9)14)5(3)17-8(15)10(12,13)21-20-19-16/h3-6,16H,1-2H2/p-1. The minimum absolute atomic E-state index is 0.214. The molecular formula is C10H8ClF2O7S-. The molecule has 3 aliphatic rings. The van der Waals surface area contributed by atoms with Crippen LogP contribution in [-0.2, 0) is 28.4 Å². The van der Waals surface area contributed by atoms with Crippen molar-refractivity contribution in [3.8, 4) is 0 Å². The molecule has 0 N–H and O–H groups in total. The number of carbonyl (C=O) groups is 2. The molecule has 1 aliphatic heterocycles. The Balaban J connectivity index is 1.68. The van der Waals surface area contributed by atoms with Gasteiger partial charge in [0.2, 0.25) is 0 Å². The van der Waals surface area contributed by atoms with E-state index >= 15 is 0 Å². The highest BCUT2D eigenvalue weighted by molar-refractivity contribution is 7.96. The van der Waals surface area contributed by atoms with E-state index in [4.69, 9.17) is 21.1 Å². The Morgan fingerprint density at radius 1 is 1.57 bits per heavy atom. The van der Waals surface area contributed by atoms with E-state index < -0.39 is 46.3 Å². The summed E-state index contributed by atoms with van der Waals surface area (Å²) in [5, 5.41) is 8.17. The van der Waals surface area contributed by atoms with Crippen LogP contribution in [0.1, 0.15) is 12.8 Å². The molecule has 5 unspecified atom stereocenters. The third kappa shape index (κ3) is 2.20.